The van der Waals surface area contributed by atoms with Crippen molar-refractivity contribution in [2.75, 3.05) is 11.2 Å². The molecule has 0 aromatic carbocycles. The van der Waals surface area contributed by atoms with Crippen LogP contribution in [0.1, 0.15) is 17.3 Å². The van der Waals surface area contributed by atoms with E-state index in [1.54, 1.807) is 0 Å². The van der Waals surface area contributed by atoms with Crippen LogP contribution < -0.4 is 5.32 Å². The van der Waals surface area contributed by atoms with Gasteiger partial charge in [-0.25, -0.2) is 0 Å². The van der Waals surface area contributed by atoms with Gasteiger partial charge in [-0.2, -0.15) is 0 Å². The Kier molecular flexibility index (Phi) is 3.40. The smallest absolute Gasteiger partial charge is 0.315 e. The molecule has 6 nitrogen and oxygen atoms in total. The van der Waals surface area contributed by atoms with E-state index in [0.717, 1.165) is 11.5 Å². The van der Waals surface area contributed by atoms with Crippen LogP contribution in [0.15, 0.2) is 15.0 Å². The topological polar surface area (TPSA) is 77.0 Å². The second-order valence-electron chi connectivity index (χ2n) is 3.23. The molecular formula is C9H11ClN4O2. The Hall–Kier alpha value is -1.56. The lowest BCUT2D eigenvalue weighted by molar-refractivity contribution is 0.382. The van der Waals surface area contributed by atoms with Gasteiger partial charge in [-0.05, 0) is 6.92 Å². The van der Waals surface area contributed by atoms with E-state index in [4.69, 9.17) is 20.5 Å². The number of nitrogens with zero attached hydrogens (tertiary/aromatic N) is 3. The Morgan fingerprint density at radius 3 is 3.00 bits per heavy atom. The lowest BCUT2D eigenvalue weighted by Crippen LogP contribution is -1.98. The fourth-order valence-corrected chi connectivity index (χ4v) is 1.33. The molecule has 2 heterocycles. The summed E-state index contributed by atoms with van der Waals surface area (Å²) in [5.74, 6) is 1.70. The molecule has 0 aliphatic rings. The quantitative estimate of drug-likeness (QED) is 0.805. The molecule has 2 aromatic heterocycles. The zero-order valence-electron chi connectivity index (χ0n) is 8.73. The van der Waals surface area contributed by atoms with Gasteiger partial charge in [-0.3, -0.25) is 0 Å². The van der Waals surface area contributed by atoms with Crippen LogP contribution in [0.2, 0.25) is 0 Å². The average Bonchev–Trinajstić information content (AvgIpc) is 2.85. The molecule has 0 aliphatic heterocycles. The summed E-state index contributed by atoms with van der Waals surface area (Å²) in [7, 11) is 0. The van der Waals surface area contributed by atoms with Gasteiger partial charge >= 0.3 is 6.01 Å². The number of aryl methyl sites for hydroxylation is 2. The highest BCUT2D eigenvalue weighted by molar-refractivity contribution is 6.17. The van der Waals surface area contributed by atoms with Gasteiger partial charge in [-0.1, -0.05) is 10.3 Å². The maximum atomic E-state index is 5.55. The molecule has 2 rings (SSSR count). The molecule has 0 bridgehead atoms. The van der Waals surface area contributed by atoms with Crippen molar-refractivity contribution >= 4 is 17.6 Å². The highest BCUT2D eigenvalue weighted by Gasteiger charge is 2.06. The first kappa shape index (κ1) is 10.9. The number of hydrogen-bond acceptors (Lipinski definition) is 6. The second-order valence-corrected chi connectivity index (χ2v) is 3.61. The number of anilines is 1. The van der Waals surface area contributed by atoms with E-state index < -0.39 is 0 Å². The van der Waals surface area contributed by atoms with Crippen LogP contribution in [-0.4, -0.2) is 21.2 Å². The van der Waals surface area contributed by atoms with Crippen molar-refractivity contribution in [3.8, 4) is 0 Å². The molecule has 0 amide bonds. The second kappa shape index (κ2) is 4.98. The van der Waals surface area contributed by atoms with Crippen LogP contribution in [-0.2, 0) is 13.0 Å². The zero-order chi connectivity index (χ0) is 11.4. The van der Waals surface area contributed by atoms with Crippen molar-refractivity contribution in [3.05, 3.63) is 23.4 Å². The third-order valence-corrected chi connectivity index (χ3v) is 2.05. The highest BCUT2D eigenvalue weighted by Crippen LogP contribution is 2.09. The van der Waals surface area contributed by atoms with Crippen LogP contribution in [0.4, 0.5) is 6.01 Å². The predicted molar refractivity (Wildman–Crippen MR) is 57.3 cm³/mol. The molecule has 0 radical (unpaired) electrons. The molecular weight excluding hydrogens is 232 g/mol. The minimum absolute atomic E-state index is 0.356. The normalized spacial score (nSPS) is 10.6. The summed E-state index contributed by atoms with van der Waals surface area (Å²) in [6.07, 6.45) is 0.567. The summed E-state index contributed by atoms with van der Waals surface area (Å²) < 4.78 is 10.3. The number of alkyl halides is 1. The minimum atomic E-state index is 0.356. The SMILES string of the molecule is Cc1cc(CNc2nnc(CCCl)o2)on1. The van der Waals surface area contributed by atoms with Crippen LogP contribution in [0, 0.1) is 6.92 Å². The molecule has 0 aliphatic carbocycles. The summed E-state index contributed by atoms with van der Waals surface area (Å²) in [5.41, 5.74) is 0.838. The largest absolute Gasteiger partial charge is 0.408 e. The monoisotopic (exact) mass is 242 g/mol. The van der Waals surface area contributed by atoms with E-state index in [0.29, 0.717) is 30.8 Å². The van der Waals surface area contributed by atoms with Crippen molar-refractivity contribution in [2.45, 2.75) is 19.9 Å². The van der Waals surface area contributed by atoms with Gasteiger partial charge in [0.05, 0.1) is 12.2 Å². The van der Waals surface area contributed by atoms with Crippen LogP contribution >= 0.6 is 11.6 Å². The minimum Gasteiger partial charge on any atom is -0.408 e. The summed E-state index contributed by atoms with van der Waals surface area (Å²) in [4.78, 5) is 0. The molecule has 7 heteroatoms. The van der Waals surface area contributed by atoms with Gasteiger partial charge in [-0.15, -0.1) is 16.7 Å². The van der Waals surface area contributed by atoms with E-state index in [1.807, 2.05) is 13.0 Å². The Bertz CT molecular complexity index is 454. The van der Waals surface area contributed by atoms with E-state index in [-0.39, 0.29) is 0 Å². The summed E-state index contributed by atoms with van der Waals surface area (Å²) in [5, 5.41) is 14.3. The van der Waals surface area contributed by atoms with Crippen LogP contribution in [0.25, 0.3) is 0 Å². The fourth-order valence-electron chi connectivity index (χ4n) is 1.17. The highest BCUT2D eigenvalue weighted by atomic mass is 35.5. The summed E-state index contributed by atoms with van der Waals surface area (Å²) >= 11 is 5.55. The lowest BCUT2D eigenvalue weighted by atomic mass is 10.4. The number of rotatable bonds is 5. The fraction of sp³-hybridized carbons (Fsp3) is 0.444. The number of halogens is 1. The summed E-state index contributed by atoms with van der Waals surface area (Å²) in [6, 6.07) is 2.19. The maximum Gasteiger partial charge on any atom is 0.315 e. The van der Waals surface area contributed by atoms with E-state index >= 15 is 0 Å². The van der Waals surface area contributed by atoms with Crippen LogP contribution in [0.5, 0.6) is 0 Å². The molecule has 0 saturated carbocycles. The third-order valence-electron chi connectivity index (χ3n) is 1.87. The molecule has 0 spiro atoms. The molecule has 2 aromatic rings. The number of hydrogen-bond donors (Lipinski definition) is 1. The first-order valence-electron chi connectivity index (χ1n) is 4.82. The molecule has 0 unspecified atom stereocenters. The molecule has 0 fully saturated rings. The molecule has 0 atom stereocenters. The van der Waals surface area contributed by atoms with Gasteiger partial charge in [0.25, 0.3) is 0 Å². The van der Waals surface area contributed by atoms with Gasteiger partial charge in [0, 0.05) is 18.4 Å². The number of nitrogens with one attached hydrogen (secondary N) is 1. The van der Waals surface area contributed by atoms with Crippen molar-refractivity contribution < 1.29 is 8.94 Å². The first-order chi connectivity index (χ1) is 7.78. The first-order valence-corrected chi connectivity index (χ1v) is 5.36. The Labute approximate surface area is 97.0 Å². The zero-order valence-corrected chi connectivity index (χ0v) is 9.49. The molecule has 1 N–H and O–H groups in total. The molecule has 0 saturated heterocycles. The van der Waals surface area contributed by atoms with Crippen molar-refractivity contribution in [3.63, 3.8) is 0 Å². The number of aromatic nitrogens is 3. The lowest BCUT2D eigenvalue weighted by Gasteiger charge is -1.95. The van der Waals surface area contributed by atoms with Gasteiger partial charge < -0.3 is 14.3 Å². The molecule has 16 heavy (non-hydrogen) atoms. The predicted octanol–water partition coefficient (Wildman–Crippen LogP) is 1.76. The van der Waals surface area contributed by atoms with E-state index in [2.05, 4.69) is 20.7 Å². The average molecular weight is 243 g/mol. The Morgan fingerprint density at radius 1 is 1.44 bits per heavy atom. The Balaban J connectivity index is 1.89. The van der Waals surface area contributed by atoms with Gasteiger partial charge in [0.1, 0.15) is 0 Å². The van der Waals surface area contributed by atoms with E-state index in [1.165, 1.54) is 0 Å². The van der Waals surface area contributed by atoms with Crippen LogP contribution in [0.3, 0.4) is 0 Å². The van der Waals surface area contributed by atoms with Crippen molar-refractivity contribution in [1.29, 1.82) is 0 Å². The van der Waals surface area contributed by atoms with Crippen molar-refractivity contribution in [2.24, 2.45) is 0 Å². The van der Waals surface area contributed by atoms with E-state index in [9.17, 15) is 0 Å². The van der Waals surface area contributed by atoms with Crippen molar-refractivity contribution in [1.82, 2.24) is 15.4 Å². The maximum absolute atomic E-state index is 5.55. The van der Waals surface area contributed by atoms with Gasteiger partial charge in [0.2, 0.25) is 5.89 Å². The Morgan fingerprint density at radius 2 is 2.31 bits per heavy atom. The molecule has 86 valence electrons. The summed E-state index contributed by atoms with van der Waals surface area (Å²) in [6.45, 7) is 2.32. The van der Waals surface area contributed by atoms with Gasteiger partial charge in [0.15, 0.2) is 5.76 Å². The third kappa shape index (κ3) is 2.73. The standard InChI is InChI=1S/C9H11ClN4O2/c1-6-4-7(16-14-6)5-11-9-13-12-8(15-9)2-3-10/h4H,2-3,5H2,1H3,(H,11,13).